The van der Waals surface area contributed by atoms with Crippen LogP contribution in [0.1, 0.15) is 29.6 Å². The molecular weight excluding hydrogens is 300 g/mol. The second-order valence-corrected chi connectivity index (χ2v) is 6.38. The van der Waals surface area contributed by atoms with Gasteiger partial charge in [-0.2, -0.15) is 0 Å². The van der Waals surface area contributed by atoms with E-state index in [4.69, 9.17) is 0 Å². The van der Waals surface area contributed by atoms with Crippen molar-refractivity contribution in [3.63, 3.8) is 0 Å². The van der Waals surface area contributed by atoms with Crippen LogP contribution in [-0.2, 0) is 11.2 Å². The Kier molecular flexibility index (Phi) is 5.68. The molecule has 0 aliphatic rings. The van der Waals surface area contributed by atoms with E-state index in [1.165, 1.54) is 11.3 Å². The largest absolute Gasteiger partial charge is 0.355 e. The molecule has 7 heteroatoms. The summed E-state index contributed by atoms with van der Waals surface area (Å²) in [5, 5.41) is 6.64. The van der Waals surface area contributed by atoms with Crippen LogP contribution in [0, 0.1) is 13.8 Å². The number of aromatic amines is 1. The number of hydrogen-bond acceptors (Lipinski definition) is 5. The summed E-state index contributed by atoms with van der Waals surface area (Å²) in [7, 11) is 0. The van der Waals surface area contributed by atoms with Crippen molar-refractivity contribution in [1.29, 1.82) is 0 Å². The molecular formula is C15H22N4O2S. The maximum absolute atomic E-state index is 12.1. The van der Waals surface area contributed by atoms with Crippen molar-refractivity contribution in [3.8, 4) is 0 Å². The summed E-state index contributed by atoms with van der Waals surface area (Å²) in [4.78, 5) is 33.0. The number of carbonyl (C=O) groups excluding carboxylic acids is 1. The van der Waals surface area contributed by atoms with Gasteiger partial charge in [-0.1, -0.05) is 6.92 Å². The molecule has 120 valence electrons. The number of aromatic nitrogens is 2. The van der Waals surface area contributed by atoms with Crippen molar-refractivity contribution in [2.45, 2.75) is 33.6 Å². The molecule has 0 spiro atoms. The zero-order valence-electron chi connectivity index (χ0n) is 13.2. The molecule has 0 fully saturated rings. The SMILES string of the molecule is CCNCCNC(=O)CCc1nc2sc(C)c(C)c2c(=O)[nH]1. The molecule has 0 radical (unpaired) electrons. The van der Waals surface area contributed by atoms with E-state index in [1.807, 2.05) is 20.8 Å². The molecule has 2 rings (SSSR count). The Bertz CT molecular complexity index is 720. The third-order valence-electron chi connectivity index (χ3n) is 3.55. The number of likely N-dealkylation sites (N-methyl/N-ethyl adjacent to an activating group) is 1. The van der Waals surface area contributed by atoms with Crippen molar-refractivity contribution in [1.82, 2.24) is 20.6 Å². The van der Waals surface area contributed by atoms with Crippen molar-refractivity contribution in [2.24, 2.45) is 0 Å². The van der Waals surface area contributed by atoms with Crippen LogP contribution in [-0.4, -0.2) is 35.5 Å². The standard InChI is InChI=1S/C15H22N4O2S/c1-4-16-7-8-17-12(20)6-5-11-18-14(21)13-9(2)10(3)22-15(13)19-11/h16H,4-8H2,1-3H3,(H,17,20)(H,18,19,21). The zero-order valence-corrected chi connectivity index (χ0v) is 14.0. The number of thiophene rings is 1. The summed E-state index contributed by atoms with van der Waals surface area (Å²) in [6.07, 6.45) is 0.762. The Balaban J connectivity index is 1.98. The number of amides is 1. The van der Waals surface area contributed by atoms with Gasteiger partial charge in [0, 0.05) is 30.8 Å². The quantitative estimate of drug-likeness (QED) is 0.670. The molecule has 0 aromatic carbocycles. The molecule has 2 heterocycles. The van der Waals surface area contributed by atoms with Crippen molar-refractivity contribution in [2.75, 3.05) is 19.6 Å². The van der Waals surface area contributed by atoms with E-state index >= 15 is 0 Å². The highest BCUT2D eigenvalue weighted by Gasteiger charge is 2.12. The second kappa shape index (κ2) is 7.51. The van der Waals surface area contributed by atoms with Gasteiger partial charge in [0.15, 0.2) is 0 Å². The molecule has 3 N–H and O–H groups in total. The minimum absolute atomic E-state index is 0.0285. The van der Waals surface area contributed by atoms with Gasteiger partial charge in [0.05, 0.1) is 5.39 Å². The Morgan fingerprint density at radius 3 is 2.82 bits per heavy atom. The van der Waals surface area contributed by atoms with E-state index < -0.39 is 0 Å². The minimum atomic E-state index is -0.116. The third kappa shape index (κ3) is 3.92. The molecule has 2 aromatic heterocycles. The maximum Gasteiger partial charge on any atom is 0.259 e. The van der Waals surface area contributed by atoms with Gasteiger partial charge in [-0.25, -0.2) is 4.98 Å². The van der Waals surface area contributed by atoms with Gasteiger partial charge < -0.3 is 15.6 Å². The fraction of sp³-hybridized carbons (Fsp3) is 0.533. The molecule has 1 amide bonds. The molecule has 6 nitrogen and oxygen atoms in total. The summed E-state index contributed by atoms with van der Waals surface area (Å²) >= 11 is 1.52. The molecule has 0 aliphatic carbocycles. The number of fused-ring (bicyclic) bond motifs is 1. The lowest BCUT2D eigenvalue weighted by atomic mass is 10.2. The Labute approximate surface area is 133 Å². The number of aryl methyl sites for hydroxylation is 3. The molecule has 0 aliphatic heterocycles. The number of hydrogen-bond donors (Lipinski definition) is 3. The molecule has 22 heavy (non-hydrogen) atoms. The molecule has 0 unspecified atom stereocenters. The van der Waals surface area contributed by atoms with E-state index in [0.29, 0.717) is 30.6 Å². The number of H-pyrrole nitrogens is 1. The molecule has 0 saturated heterocycles. The lowest BCUT2D eigenvalue weighted by Crippen LogP contribution is -2.32. The van der Waals surface area contributed by atoms with Gasteiger partial charge in [0.2, 0.25) is 5.91 Å². The first-order valence-electron chi connectivity index (χ1n) is 7.49. The van der Waals surface area contributed by atoms with E-state index in [2.05, 4.69) is 20.6 Å². The Morgan fingerprint density at radius 2 is 2.09 bits per heavy atom. The van der Waals surface area contributed by atoms with Gasteiger partial charge in [-0.05, 0) is 26.0 Å². The summed E-state index contributed by atoms with van der Waals surface area (Å²) in [6, 6.07) is 0. The number of carbonyl (C=O) groups is 1. The molecule has 0 bridgehead atoms. The van der Waals surface area contributed by atoms with E-state index in [9.17, 15) is 9.59 Å². The summed E-state index contributed by atoms with van der Waals surface area (Å²) in [5.41, 5.74) is 0.871. The second-order valence-electron chi connectivity index (χ2n) is 5.18. The van der Waals surface area contributed by atoms with Crippen LogP contribution in [0.2, 0.25) is 0 Å². The molecule has 0 atom stereocenters. The highest BCUT2D eigenvalue weighted by atomic mass is 32.1. The van der Waals surface area contributed by atoms with Gasteiger partial charge in [0.25, 0.3) is 5.56 Å². The predicted octanol–water partition coefficient (Wildman–Crippen LogP) is 1.26. The normalized spacial score (nSPS) is 11.0. The van der Waals surface area contributed by atoms with Crippen LogP contribution in [0.5, 0.6) is 0 Å². The summed E-state index contributed by atoms with van der Waals surface area (Å²) in [6.45, 7) is 8.20. The Morgan fingerprint density at radius 1 is 1.32 bits per heavy atom. The smallest absolute Gasteiger partial charge is 0.259 e. The monoisotopic (exact) mass is 322 g/mol. The van der Waals surface area contributed by atoms with Gasteiger partial charge >= 0.3 is 0 Å². The average molecular weight is 322 g/mol. The van der Waals surface area contributed by atoms with Crippen molar-refractivity contribution >= 4 is 27.5 Å². The lowest BCUT2D eigenvalue weighted by Gasteiger charge is -2.05. The van der Waals surface area contributed by atoms with Gasteiger partial charge in [-0.3, -0.25) is 9.59 Å². The predicted molar refractivity (Wildman–Crippen MR) is 89.6 cm³/mol. The van der Waals surface area contributed by atoms with E-state index in [-0.39, 0.29) is 11.5 Å². The summed E-state index contributed by atoms with van der Waals surface area (Å²) in [5.74, 6) is 0.541. The lowest BCUT2D eigenvalue weighted by molar-refractivity contribution is -0.121. The number of nitrogens with zero attached hydrogens (tertiary/aromatic N) is 1. The minimum Gasteiger partial charge on any atom is -0.355 e. The fourth-order valence-electron chi connectivity index (χ4n) is 2.21. The van der Waals surface area contributed by atoms with Crippen LogP contribution in [0.15, 0.2) is 4.79 Å². The van der Waals surface area contributed by atoms with Crippen LogP contribution in [0.25, 0.3) is 10.2 Å². The number of nitrogens with one attached hydrogen (secondary N) is 3. The Hall–Kier alpha value is -1.73. The van der Waals surface area contributed by atoms with Crippen LogP contribution < -0.4 is 16.2 Å². The van der Waals surface area contributed by atoms with Gasteiger partial charge in [0.1, 0.15) is 10.7 Å². The van der Waals surface area contributed by atoms with Crippen LogP contribution in [0.3, 0.4) is 0 Å². The molecule has 2 aromatic rings. The average Bonchev–Trinajstić information content (AvgIpc) is 2.77. The van der Waals surface area contributed by atoms with E-state index in [0.717, 1.165) is 28.4 Å². The topological polar surface area (TPSA) is 86.9 Å². The molecule has 0 saturated carbocycles. The van der Waals surface area contributed by atoms with Crippen molar-refractivity contribution in [3.05, 3.63) is 26.6 Å². The number of rotatable bonds is 7. The first kappa shape index (κ1) is 16.6. The summed E-state index contributed by atoms with van der Waals surface area (Å²) < 4.78 is 0. The third-order valence-corrected chi connectivity index (χ3v) is 4.65. The first-order chi connectivity index (χ1) is 10.5. The zero-order chi connectivity index (χ0) is 16.1. The highest BCUT2D eigenvalue weighted by molar-refractivity contribution is 7.18. The fourth-order valence-corrected chi connectivity index (χ4v) is 3.25. The maximum atomic E-state index is 12.1. The van der Waals surface area contributed by atoms with Crippen molar-refractivity contribution < 1.29 is 4.79 Å². The van der Waals surface area contributed by atoms with Crippen LogP contribution >= 0.6 is 11.3 Å². The van der Waals surface area contributed by atoms with Crippen LogP contribution in [0.4, 0.5) is 0 Å². The van der Waals surface area contributed by atoms with Gasteiger partial charge in [-0.15, -0.1) is 11.3 Å². The first-order valence-corrected chi connectivity index (χ1v) is 8.31. The van der Waals surface area contributed by atoms with E-state index in [1.54, 1.807) is 0 Å². The highest BCUT2D eigenvalue weighted by Crippen LogP contribution is 2.25.